The van der Waals surface area contributed by atoms with E-state index in [1.165, 1.54) is 0 Å². The molecule has 7 nitrogen and oxygen atoms in total. The Morgan fingerprint density at radius 3 is 2.21 bits per heavy atom. The molecule has 0 heterocycles. The molecule has 2 aliphatic carbocycles. The van der Waals surface area contributed by atoms with Gasteiger partial charge in [-0.3, -0.25) is 9.59 Å². The minimum absolute atomic E-state index is 0.0511. The summed E-state index contributed by atoms with van der Waals surface area (Å²) < 4.78 is 5.60. The molecule has 2 aromatic carbocycles. The van der Waals surface area contributed by atoms with Gasteiger partial charge in [-0.15, -0.1) is 0 Å². The fourth-order valence-corrected chi connectivity index (χ4v) is 4.71. The molecule has 2 aliphatic rings. The Balaban J connectivity index is 1.36. The number of nitrogens with one attached hydrogen (secondary N) is 2. The normalized spacial score (nSPS) is 16.1. The number of ether oxygens (including phenoxy) is 1. The van der Waals surface area contributed by atoms with Gasteiger partial charge in [0.25, 0.3) is 0 Å². The van der Waals surface area contributed by atoms with Gasteiger partial charge in [0, 0.05) is 12.5 Å². The van der Waals surface area contributed by atoms with Crippen molar-refractivity contribution in [2.45, 2.75) is 51.0 Å². The molecule has 0 aliphatic heterocycles. The standard InChI is InChI=1S/C27H32N2O5/c1-2-7-18(26(31)32)15-28-25(30)24(14-17-12-13-17)29-27(33)34-16-23-21-10-5-3-8-19(21)20-9-4-6-11-22(20)23/h3-6,8-11,17-18,23-24H,2,7,12-16H2,1H3,(H,28,30)(H,29,33)(H,31,32)/t18?,24-/m0/s1. The third-order valence-corrected chi connectivity index (χ3v) is 6.73. The molecule has 2 aromatic rings. The van der Waals surface area contributed by atoms with Gasteiger partial charge in [0.15, 0.2) is 0 Å². The average molecular weight is 465 g/mol. The van der Waals surface area contributed by atoms with E-state index in [1.54, 1.807) is 0 Å². The number of hydrogen-bond acceptors (Lipinski definition) is 4. The van der Waals surface area contributed by atoms with Crippen molar-refractivity contribution in [1.82, 2.24) is 10.6 Å². The highest BCUT2D eigenvalue weighted by molar-refractivity contribution is 5.86. The van der Waals surface area contributed by atoms with Crippen molar-refractivity contribution in [3.8, 4) is 11.1 Å². The first-order chi connectivity index (χ1) is 16.5. The Kier molecular flexibility index (Phi) is 7.50. The SMILES string of the molecule is CCCC(CNC(=O)[C@H](CC1CC1)NC(=O)OCC1c2ccccc2-c2ccccc21)C(=O)O. The number of aliphatic carboxylic acids is 1. The molecule has 7 heteroatoms. The van der Waals surface area contributed by atoms with Gasteiger partial charge in [0.05, 0.1) is 5.92 Å². The van der Waals surface area contributed by atoms with Crippen LogP contribution in [-0.4, -0.2) is 42.3 Å². The Morgan fingerprint density at radius 2 is 1.65 bits per heavy atom. The largest absolute Gasteiger partial charge is 0.481 e. The number of carboxylic acid groups (broad SMARTS) is 1. The Labute approximate surface area is 199 Å². The summed E-state index contributed by atoms with van der Waals surface area (Å²) in [5.41, 5.74) is 4.55. The summed E-state index contributed by atoms with van der Waals surface area (Å²) in [6.07, 6.45) is 3.17. The lowest BCUT2D eigenvalue weighted by Crippen LogP contribution is -2.48. The molecule has 180 valence electrons. The average Bonchev–Trinajstić information content (AvgIpc) is 3.60. The number of carbonyl (C=O) groups excluding carboxylic acids is 2. The van der Waals surface area contributed by atoms with E-state index in [0.717, 1.165) is 41.5 Å². The first-order valence-electron chi connectivity index (χ1n) is 12.1. The van der Waals surface area contributed by atoms with Crippen LogP contribution in [0.3, 0.4) is 0 Å². The highest BCUT2D eigenvalue weighted by Crippen LogP contribution is 2.44. The van der Waals surface area contributed by atoms with Gasteiger partial charge < -0.3 is 20.5 Å². The molecule has 2 amide bonds. The first kappa shape index (κ1) is 23.8. The summed E-state index contributed by atoms with van der Waals surface area (Å²) >= 11 is 0. The van der Waals surface area contributed by atoms with Crippen LogP contribution in [0.2, 0.25) is 0 Å². The molecule has 1 fully saturated rings. The van der Waals surface area contributed by atoms with Crippen LogP contribution in [0.1, 0.15) is 56.1 Å². The van der Waals surface area contributed by atoms with Crippen LogP contribution in [0.5, 0.6) is 0 Å². The minimum atomic E-state index is -0.926. The van der Waals surface area contributed by atoms with Crippen molar-refractivity contribution in [3.05, 3.63) is 59.7 Å². The van der Waals surface area contributed by atoms with Gasteiger partial charge >= 0.3 is 12.1 Å². The van der Waals surface area contributed by atoms with Gasteiger partial charge in [-0.05, 0) is 41.0 Å². The van der Waals surface area contributed by atoms with Crippen molar-refractivity contribution in [2.75, 3.05) is 13.2 Å². The Hall–Kier alpha value is -3.35. The Morgan fingerprint density at radius 1 is 1.03 bits per heavy atom. The second-order valence-corrected chi connectivity index (χ2v) is 9.27. The van der Waals surface area contributed by atoms with Crippen LogP contribution < -0.4 is 10.6 Å². The van der Waals surface area contributed by atoms with Gasteiger partial charge in [-0.25, -0.2) is 4.79 Å². The summed E-state index contributed by atoms with van der Waals surface area (Å²) in [4.78, 5) is 36.9. The van der Waals surface area contributed by atoms with E-state index in [2.05, 4.69) is 34.9 Å². The number of fused-ring (bicyclic) bond motifs is 3. The lowest BCUT2D eigenvalue weighted by Gasteiger charge is -2.21. The van der Waals surface area contributed by atoms with E-state index >= 15 is 0 Å². The summed E-state index contributed by atoms with van der Waals surface area (Å²) in [6.45, 7) is 2.14. The second-order valence-electron chi connectivity index (χ2n) is 9.27. The zero-order valence-corrected chi connectivity index (χ0v) is 19.5. The fraction of sp³-hybridized carbons (Fsp3) is 0.444. The number of carboxylic acids is 1. The number of alkyl carbamates (subject to hydrolysis) is 1. The molecule has 34 heavy (non-hydrogen) atoms. The van der Waals surface area contributed by atoms with Crippen LogP contribution in [0.25, 0.3) is 11.1 Å². The van der Waals surface area contributed by atoms with Crippen LogP contribution in [0, 0.1) is 11.8 Å². The molecule has 3 N–H and O–H groups in total. The quantitative estimate of drug-likeness (QED) is 0.460. The molecule has 4 rings (SSSR count). The molecule has 0 saturated heterocycles. The van der Waals surface area contributed by atoms with Crippen LogP contribution in [0.15, 0.2) is 48.5 Å². The number of rotatable bonds is 11. The molecule has 0 bridgehead atoms. The van der Waals surface area contributed by atoms with E-state index in [1.807, 2.05) is 31.2 Å². The van der Waals surface area contributed by atoms with Gasteiger partial charge in [0.1, 0.15) is 12.6 Å². The van der Waals surface area contributed by atoms with Crippen LogP contribution in [-0.2, 0) is 14.3 Å². The second kappa shape index (κ2) is 10.7. The number of hydrogen-bond donors (Lipinski definition) is 3. The van der Waals surface area contributed by atoms with Gasteiger partial charge in [-0.2, -0.15) is 0 Å². The molecule has 0 radical (unpaired) electrons. The third-order valence-electron chi connectivity index (χ3n) is 6.73. The number of carbonyl (C=O) groups is 3. The maximum absolute atomic E-state index is 12.8. The summed E-state index contributed by atoms with van der Waals surface area (Å²) in [6, 6.07) is 15.5. The molecule has 1 unspecified atom stereocenters. The smallest absolute Gasteiger partial charge is 0.407 e. The maximum Gasteiger partial charge on any atom is 0.407 e. The fourth-order valence-electron chi connectivity index (χ4n) is 4.71. The Bertz CT molecular complexity index is 1000. The van der Waals surface area contributed by atoms with E-state index in [0.29, 0.717) is 18.8 Å². The zero-order chi connectivity index (χ0) is 24.1. The summed E-state index contributed by atoms with van der Waals surface area (Å²) in [5.74, 6) is -1.58. The summed E-state index contributed by atoms with van der Waals surface area (Å²) in [5, 5.41) is 14.8. The molecular weight excluding hydrogens is 432 g/mol. The van der Waals surface area contributed by atoms with Gasteiger partial charge in [-0.1, -0.05) is 74.7 Å². The highest BCUT2D eigenvalue weighted by atomic mass is 16.5. The molecule has 2 atom stereocenters. The summed E-state index contributed by atoms with van der Waals surface area (Å²) in [7, 11) is 0. The van der Waals surface area contributed by atoms with Crippen molar-refractivity contribution in [1.29, 1.82) is 0 Å². The monoisotopic (exact) mass is 464 g/mol. The molecule has 1 saturated carbocycles. The predicted octanol–water partition coefficient (Wildman–Crippen LogP) is 4.31. The van der Waals surface area contributed by atoms with Crippen molar-refractivity contribution >= 4 is 18.0 Å². The van der Waals surface area contributed by atoms with Crippen molar-refractivity contribution < 1.29 is 24.2 Å². The van der Waals surface area contributed by atoms with Crippen LogP contribution >= 0.6 is 0 Å². The minimum Gasteiger partial charge on any atom is -0.481 e. The molecular formula is C27H32N2O5. The van der Waals surface area contributed by atoms with E-state index < -0.39 is 24.0 Å². The molecule has 0 spiro atoms. The van der Waals surface area contributed by atoms with Gasteiger partial charge in [0.2, 0.25) is 5.91 Å². The van der Waals surface area contributed by atoms with Crippen LogP contribution in [0.4, 0.5) is 4.79 Å². The zero-order valence-electron chi connectivity index (χ0n) is 19.5. The van der Waals surface area contributed by atoms with Crippen molar-refractivity contribution in [3.63, 3.8) is 0 Å². The van der Waals surface area contributed by atoms with E-state index in [4.69, 9.17) is 4.74 Å². The topological polar surface area (TPSA) is 105 Å². The highest BCUT2D eigenvalue weighted by Gasteiger charge is 2.33. The molecule has 0 aromatic heterocycles. The maximum atomic E-state index is 12.8. The number of benzene rings is 2. The lowest BCUT2D eigenvalue weighted by molar-refractivity contribution is -0.142. The first-order valence-corrected chi connectivity index (χ1v) is 12.1. The lowest BCUT2D eigenvalue weighted by atomic mass is 9.98. The van der Waals surface area contributed by atoms with E-state index in [-0.39, 0.29) is 25.0 Å². The van der Waals surface area contributed by atoms with E-state index in [9.17, 15) is 19.5 Å². The van der Waals surface area contributed by atoms with Crippen molar-refractivity contribution in [2.24, 2.45) is 11.8 Å². The third kappa shape index (κ3) is 5.58. The predicted molar refractivity (Wildman–Crippen MR) is 128 cm³/mol. The number of amides is 2.